The molecule has 0 aliphatic carbocycles. The number of fused-ring (bicyclic) bond motifs is 5. The molecule has 0 spiro atoms. The Morgan fingerprint density at radius 3 is 2.87 bits per heavy atom. The smallest absolute Gasteiger partial charge is 0.255 e. The average Bonchev–Trinajstić information content (AvgIpc) is 3.18. The van der Waals surface area contributed by atoms with E-state index in [1.165, 1.54) is 5.56 Å². The van der Waals surface area contributed by atoms with E-state index in [4.69, 9.17) is 4.74 Å². The summed E-state index contributed by atoms with van der Waals surface area (Å²) in [5, 5.41) is 0. The second kappa shape index (κ2) is 7.58. The number of aromatic nitrogens is 1. The second-order valence-corrected chi connectivity index (χ2v) is 9.25. The maximum absolute atomic E-state index is 13.1. The molecule has 1 fully saturated rings. The van der Waals surface area contributed by atoms with Gasteiger partial charge in [-0.05, 0) is 49.7 Å². The molecule has 0 N–H and O–H groups in total. The number of rotatable bonds is 4. The van der Waals surface area contributed by atoms with Crippen molar-refractivity contribution in [3.63, 3.8) is 0 Å². The summed E-state index contributed by atoms with van der Waals surface area (Å²) in [6.45, 7) is 3.55. The molecule has 1 aromatic carbocycles. The summed E-state index contributed by atoms with van der Waals surface area (Å²) in [5.74, 6) is 1.73. The van der Waals surface area contributed by atoms with Gasteiger partial charge in [-0.1, -0.05) is 18.2 Å². The molecule has 1 amide bonds. The van der Waals surface area contributed by atoms with Gasteiger partial charge < -0.3 is 19.1 Å². The Kier molecular flexibility index (Phi) is 4.89. The van der Waals surface area contributed by atoms with Crippen LogP contribution in [0.15, 0.2) is 35.1 Å². The molecule has 4 heterocycles. The minimum absolute atomic E-state index is 0.135. The highest BCUT2D eigenvalue weighted by molar-refractivity contribution is 5.79. The van der Waals surface area contributed by atoms with Crippen molar-refractivity contribution in [2.75, 3.05) is 33.8 Å². The van der Waals surface area contributed by atoms with Crippen LogP contribution in [0.5, 0.6) is 5.75 Å². The van der Waals surface area contributed by atoms with Crippen LogP contribution in [0.2, 0.25) is 0 Å². The minimum Gasteiger partial charge on any atom is -0.493 e. The second-order valence-electron chi connectivity index (χ2n) is 9.25. The first-order valence-corrected chi connectivity index (χ1v) is 10.9. The largest absolute Gasteiger partial charge is 0.493 e. The van der Waals surface area contributed by atoms with Crippen molar-refractivity contribution >= 4 is 5.91 Å². The molecule has 0 unspecified atom stereocenters. The zero-order valence-corrected chi connectivity index (χ0v) is 17.8. The first-order chi connectivity index (χ1) is 14.5. The Balaban J connectivity index is 1.33. The fourth-order valence-corrected chi connectivity index (χ4v) is 5.29. The van der Waals surface area contributed by atoms with Crippen molar-refractivity contribution < 1.29 is 9.53 Å². The molecule has 158 valence electrons. The molecule has 5 rings (SSSR count). The Morgan fingerprint density at radius 1 is 1.17 bits per heavy atom. The average molecular weight is 408 g/mol. The topological polar surface area (TPSA) is 54.8 Å². The Bertz CT molecular complexity index is 1040. The van der Waals surface area contributed by atoms with Crippen LogP contribution in [-0.2, 0) is 30.7 Å². The molecule has 30 heavy (non-hydrogen) atoms. The van der Waals surface area contributed by atoms with E-state index in [0.717, 1.165) is 48.6 Å². The molecular formula is C24H29N3O3. The molecule has 1 aromatic heterocycles. The molecule has 0 saturated carbocycles. The third kappa shape index (κ3) is 3.54. The predicted molar refractivity (Wildman–Crippen MR) is 115 cm³/mol. The normalized spacial score (nSPS) is 21.9. The highest BCUT2D eigenvalue weighted by Crippen LogP contribution is 2.35. The zero-order valence-electron chi connectivity index (χ0n) is 17.8. The number of pyridine rings is 1. The summed E-state index contributed by atoms with van der Waals surface area (Å²) in [6, 6.07) is 10.2. The number of hydrogen-bond acceptors (Lipinski definition) is 4. The van der Waals surface area contributed by atoms with E-state index < -0.39 is 0 Å². The van der Waals surface area contributed by atoms with Crippen molar-refractivity contribution in [1.82, 2.24) is 14.4 Å². The van der Waals surface area contributed by atoms with Crippen LogP contribution in [0.1, 0.15) is 34.7 Å². The van der Waals surface area contributed by atoms with Gasteiger partial charge in [-0.3, -0.25) is 9.59 Å². The Labute approximate surface area is 177 Å². The van der Waals surface area contributed by atoms with E-state index in [0.29, 0.717) is 32.0 Å². The van der Waals surface area contributed by atoms with E-state index >= 15 is 0 Å². The molecule has 2 bridgehead atoms. The highest BCUT2D eigenvalue weighted by Gasteiger charge is 2.36. The SMILES string of the molecule is CN(C)Cc1ccc2n(c1=O)C[C@H]1C[C@@H]2CN(C(=O)Cc2ccc3c(c2)CCO3)C1. The summed E-state index contributed by atoms with van der Waals surface area (Å²) in [6.07, 6.45) is 2.42. The number of carbonyl (C=O) groups is 1. The van der Waals surface area contributed by atoms with Crippen LogP contribution < -0.4 is 10.3 Å². The van der Waals surface area contributed by atoms with Crippen LogP contribution in [0.3, 0.4) is 0 Å². The minimum atomic E-state index is 0.135. The van der Waals surface area contributed by atoms with Gasteiger partial charge in [0.2, 0.25) is 5.91 Å². The lowest BCUT2D eigenvalue weighted by molar-refractivity contribution is -0.133. The van der Waals surface area contributed by atoms with Gasteiger partial charge in [0.15, 0.2) is 0 Å². The van der Waals surface area contributed by atoms with Gasteiger partial charge >= 0.3 is 0 Å². The van der Waals surface area contributed by atoms with Gasteiger partial charge in [-0.25, -0.2) is 0 Å². The molecule has 1 saturated heterocycles. The molecular weight excluding hydrogens is 378 g/mol. The third-order valence-electron chi connectivity index (χ3n) is 6.63. The number of nitrogens with zero attached hydrogens (tertiary/aromatic N) is 3. The van der Waals surface area contributed by atoms with E-state index in [-0.39, 0.29) is 17.4 Å². The standard InChI is InChI=1S/C24H29N3O3/c1-25(2)14-19-4-5-21-20-10-17(13-27(21)24(19)29)12-26(15-20)23(28)11-16-3-6-22-18(9-16)7-8-30-22/h3-6,9,17,20H,7-8,10-15H2,1-2H3/t17-,20+/m0/s1. The number of likely N-dealkylation sites (tertiary alicyclic amines) is 1. The lowest BCUT2D eigenvalue weighted by atomic mass is 9.82. The first-order valence-electron chi connectivity index (χ1n) is 10.9. The number of benzene rings is 1. The highest BCUT2D eigenvalue weighted by atomic mass is 16.5. The van der Waals surface area contributed by atoms with Crippen LogP contribution in [0, 0.1) is 5.92 Å². The van der Waals surface area contributed by atoms with E-state index in [1.807, 2.05) is 46.7 Å². The maximum atomic E-state index is 13.1. The summed E-state index contributed by atoms with van der Waals surface area (Å²) in [4.78, 5) is 30.1. The summed E-state index contributed by atoms with van der Waals surface area (Å²) in [5.41, 5.74) is 4.33. The van der Waals surface area contributed by atoms with Crippen molar-refractivity contribution in [1.29, 1.82) is 0 Å². The van der Waals surface area contributed by atoms with Gasteiger partial charge in [-0.2, -0.15) is 0 Å². The van der Waals surface area contributed by atoms with Crippen LogP contribution in [0.4, 0.5) is 0 Å². The lowest BCUT2D eigenvalue weighted by Gasteiger charge is -2.43. The Hall–Kier alpha value is -2.60. The molecule has 3 aliphatic heterocycles. The van der Waals surface area contributed by atoms with Crippen molar-refractivity contribution in [2.24, 2.45) is 5.92 Å². The summed E-state index contributed by atoms with van der Waals surface area (Å²) in [7, 11) is 3.96. The fraction of sp³-hybridized carbons (Fsp3) is 0.500. The van der Waals surface area contributed by atoms with E-state index in [1.54, 1.807) is 0 Å². The maximum Gasteiger partial charge on any atom is 0.255 e. The third-order valence-corrected chi connectivity index (χ3v) is 6.63. The number of amides is 1. The molecule has 6 nitrogen and oxygen atoms in total. The van der Waals surface area contributed by atoms with Crippen LogP contribution in [0.25, 0.3) is 0 Å². The van der Waals surface area contributed by atoms with Gasteiger partial charge in [0, 0.05) is 49.8 Å². The number of hydrogen-bond donors (Lipinski definition) is 0. The molecule has 2 atom stereocenters. The molecule has 2 aromatic rings. The monoisotopic (exact) mass is 407 g/mol. The first kappa shape index (κ1) is 19.4. The molecule has 0 radical (unpaired) electrons. The van der Waals surface area contributed by atoms with Gasteiger partial charge in [0.25, 0.3) is 5.56 Å². The van der Waals surface area contributed by atoms with Gasteiger partial charge in [0.1, 0.15) is 5.75 Å². The van der Waals surface area contributed by atoms with Crippen molar-refractivity contribution in [3.8, 4) is 5.75 Å². The fourth-order valence-electron chi connectivity index (χ4n) is 5.29. The number of ether oxygens (including phenoxy) is 1. The summed E-state index contributed by atoms with van der Waals surface area (Å²) >= 11 is 0. The Morgan fingerprint density at radius 2 is 2.03 bits per heavy atom. The number of piperidine rings is 1. The summed E-state index contributed by atoms with van der Waals surface area (Å²) < 4.78 is 7.54. The van der Waals surface area contributed by atoms with Crippen LogP contribution >= 0.6 is 0 Å². The van der Waals surface area contributed by atoms with Gasteiger partial charge in [-0.15, -0.1) is 0 Å². The number of carbonyl (C=O) groups excluding carboxylic acids is 1. The predicted octanol–water partition coefficient (Wildman–Crippen LogP) is 2.03. The van der Waals surface area contributed by atoms with Gasteiger partial charge in [0.05, 0.1) is 13.0 Å². The van der Waals surface area contributed by atoms with Crippen molar-refractivity contribution in [3.05, 3.63) is 63.1 Å². The molecule has 3 aliphatic rings. The van der Waals surface area contributed by atoms with Crippen LogP contribution in [-0.4, -0.2) is 54.1 Å². The quantitative estimate of drug-likeness (QED) is 0.778. The molecule has 6 heteroatoms. The van der Waals surface area contributed by atoms with E-state index in [9.17, 15) is 9.59 Å². The van der Waals surface area contributed by atoms with E-state index in [2.05, 4.69) is 12.1 Å². The lowest BCUT2D eigenvalue weighted by Crippen LogP contribution is -2.49. The van der Waals surface area contributed by atoms with Crippen molar-refractivity contribution in [2.45, 2.75) is 38.3 Å². The zero-order chi connectivity index (χ0) is 20.8.